The number of carboxylic acid groups (broad SMARTS) is 1. The van der Waals surface area contributed by atoms with E-state index < -0.39 is 17.7 Å². The molecule has 1 N–H and O–H groups in total. The standard InChI is InChI=1S/C8H14O4/c1-5-6(7(9)10)11-12-8(2,3)4/h5-6H,1H2,2-4H3,(H,9,10). The van der Waals surface area contributed by atoms with E-state index in [9.17, 15) is 4.79 Å². The summed E-state index contributed by atoms with van der Waals surface area (Å²) in [5, 5.41) is 8.49. The molecule has 0 spiro atoms. The van der Waals surface area contributed by atoms with Gasteiger partial charge in [-0.1, -0.05) is 6.58 Å². The van der Waals surface area contributed by atoms with Crippen LogP contribution in [0.1, 0.15) is 20.8 Å². The second-order valence-corrected chi connectivity index (χ2v) is 3.29. The first-order valence-electron chi connectivity index (χ1n) is 3.56. The van der Waals surface area contributed by atoms with E-state index in [-0.39, 0.29) is 0 Å². The van der Waals surface area contributed by atoms with Crippen molar-refractivity contribution in [3.63, 3.8) is 0 Å². The zero-order valence-electron chi connectivity index (χ0n) is 7.53. The van der Waals surface area contributed by atoms with E-state index in [4.69, 9.17) is 9.99 Å². The van der Waals surface area contributed by atoms with Crippen LogP contribution in [0, 0.1) is 0 Å². The van der Waals surface area contributed by atoms with E-state index in [1.807, 2.05) is 0 Å². The van der Waals surface area contributed by atoms with Crippen molar-refractivity contribution >= 4 is 5.97 Å². The van der Waals surface area contributed by atoms with Crippen molar-refractivity contribution in [3.05, 3.63) is 12.7 Å². The highest BCUT2D eigenvalue weighted by Crippen LogP contribution is 2.09. The molecule has 12 heavy (non-hydrogen) atoms. The second kappa shape index (κ2) is 4.23. The molecule has 4 nitrogen and oxygen atoms in total. The fourth-order valence-corrected chi connectivity index (χ4v) is 0.377. The summed E-state index contributed by atoms with van der Waals surface area (Å²) in [6, 6.07) is 0. The molecule has 0 aliphatic carbocycles. The molecule has 0 aliphatic rings. The normalized spacial score (nSPS) is 13.9. The van der Waals surface area contributed by atoms with Gasteiger partial charge in [0.2, 0.25) is 6.10 Å². The van der Waals surface area contributed by atoms with Crippen molar-refractivity contribution in [2.45, 2.75) is 32.5 Å². The summed E-state index contributed by atoms with van der Waals surface area (Å²) >= 11 is 0. The Bertz CT molecular complexity index is 168. The van der Waals surface area contributed by atoms with Crippen LogP contribution in [0.3, 0.4) is 0 Å². The lowest BCUT2D eigenvalue weighted by molar-refractivity contribution is -0.359. The van der Waals surface area contributed by atoms with Gasteiger partial charge in [0.05, 0.1) is 5.60 Å². The average Bonchev–Trinajstić information content (AvgIpc) is 1.85. The predicted molar refractivity (Wildman–Crippen MR) is 43.5 cm³/mol. The molecule has 0 radical (unpaired) electrons. The summed E-state index contributed by atoms with van der Waals surface area (Å²) in [6.07, 6.45) is 0.0536. The number of carboxylic acids is 1. The fourth-order valence-electron chi connectivity index (χ4n) is 0.377. The Kier molecular flexibility index (Phi) is 3.92. The lowest BCUT2D eigenvalue weighted by Gasteiger charge is -2.19. The third-order valence-electron chi connectivity index (χ3n) is 0.859. The molecule has 0 aromatic heterocycles. The minimum absolute atomic E-state index is 0.517. The third kappa shape index (κ3) is 4.87. The number of hydrogen-bond acceptors (Lipinski definition) is 3. The quantitative estimate of drug-likeness (QED) is 0.397. The van der Waals surface area contributed by atoms with Crippen LogP contribution in [0.5, 0.6) is 0 Å². The van der Waals surface area contributed by atoms with Crippen molar-refractivity contribution in [1.29, 1.82) is 0 Å². The van der Waals surface area contributed by atoms with Crippen molar-refractivity contribution in [1.82, 2.24) is 0 Å². The van der Waals surface area contributed by atoms with Gasteiger partial charge in [0.25, 0.3) is 0 Å². The molecule has 1 atom stereocenters. The molecule has 1 unspecified atom stereocenters. The Balaban J connectivity index is 3.90. The molecular formula is C8H14O4. The zero-order valence-corrected chi connectivity index (χ0v) is 7.53. The number of aliphatic carboxylic acids is 1. The van der Waals surface area contributed by atoms with Crippen molar-refractivity contribution in [3.8, 4) is 0 Å². The molecule has 0 bridgehead atoms. The minimum Gasteiger partial charge on any atom is -0.479 e. The van der Waals surface area contributed by atoms with Crippen LogP contribution in [-0.4, -0.2) is 22.8 Å². The number of carbonyl (C=O) groups is 1. The lowest BCUT2D eigenvalue weighted by Crippen LogP contribution is -2.27. The summed E-state index contributed by atoms with van der Waals surface area (Å²) in [4.78, 5) is 19.8. The Morgan fingerprint density at radius 2 is 2.08 bits per heavy atom. The number of rotatable bonds is 4. The van der Waals surface area contributed by atoms with E-state index >= 15 is 0 Å². The zero-order chi connectivity index (χ0) is 9.78. The molecule has 70 valence electrons. The van der Waals surface area contributed by atoms with Crippen LogP contribution in [0.15, 0.2) is 12.7 Å². The maximum atomic E-state index is 10.4. The van der Waals surface area contributed by atoms with Gasteiger partial charge in [-0.05, 0) is 26.8 Å². The number of hydrogen-bond donors (Lipinski definition) is 1. The largest absolute Gasteiger partial charge is 0.479 e. The maximum Gasteiger partial charge on any atom is 0.340 e. The van der Waals surface area contributed by atoms with Gasteiger partial charge in [-0.2, -0.15) is 0 Å². The molecule has 0 saturated carbocycles. The highest BCUT2D eigenvalue weighted by atomic mass is 17.2. The Labute approximate surface area is 71.7 Å². The van der Waals surface area contributed by atoms with Gasteiger partial charge in [-0.3, -0.25) is 0 Å². The summed E-state index contributed by atoms with van der Waals surface area (Å²) in [5.74, 6) is -1.12. The van der Waals surface area contributed by atoms with Gasteiger partial charge in [0.1, 0.15) is 0 Å². The van der Waals surface area contributed by atoms with Gasteiger partial charge in [0, 0.05) is 0 Å². The lowest BCUT2D eigenvalue weighted by atomic mass is 10.2. The van der Waals surface area contributed by atoms with E-state index in [1.165, 1.54) is 0 Å². The molecule has 0 saturated heterocycles. The van der Waals surface area contributed by atoms with Crippen molar-refractivity contribution < 1.29 is 19.7 Å². The Morgan fingerprint density at radius 1 is 1.58 bits per heavy atom. The molecule has 0 aromatic carbocycles. The molecule has 0 rings (SSSR count). The summed E-state index contributed by atoms with van der Waals surface area (Å²) in [6.45, 7) is 8.57. The van der Waals surface area contributed by atoms with Gasteiger partial charge >= 0.3 is 5.97 Å². The molecular weight excluding hydrogens is 160 g/mol. The van der Waals surface area contributed by atoms with Crippen LogP contribution in [0.4, 0.5) is 0 Å². The fraction of sp³-hybridized carbons (Fsp3) is 0.625. The van der Waals surface area contributed by atoms with Gasteiger partial charge < -0.3 is 5.11 Å². The second-order valence-electron chi connectivity index (χ2n) is 3.29. The van der Waals surface area contributed by atoms with Crippen molar-refractivity contribution in [2.24, 2.45) is 0 Å². The van der Waals surface area contributed by atoms with E-state index in [2.05, 4.69) is 11.5 Å². The summed E-state index contributed by atoms with van der Waals surface area (Å²) in [5.41, 5.74) is -0.517. The summed E-state index contributed by atoms with van der Waals surface area (Å²) in [7, 11) is 0. The monoisotopic (exact) mass is 174 g/mol. The minimum atomic E-state index is -1.12. The average molecular weight is 174 g/mol. The first kappa shape index (κ1) is 11.1. The van der Waals surface area contributed by atoms with E-state index in [0.29, 0.717) is 0 Å². The van der Waals surface area contributed by atoms with Crippen LogP contribution < -0.4 is 0 Å². The van der Waals surface area contributed by atoms with Crippen LogP contribution >= 0.6 is 0 Å². The van der Waals surface area contributed by atoms with Gasteiger partial charge in [0.15, 0.2) is 0 Å². The SMILES string of the molecule is C=CC(OOC(C)(C)C)C(=O)O. The third-order valence-corrected chi connectivity index (χ3v) is 0.859. The molecule has 4 heteroatoms. The van der Waals surface area contributed by atoms with Gasteiger partial charge in [-0.15, -0.1) is 0 Å². The highest BCUT2D eigenvalue weighted by Gasteiger charge is 2.19. The van der Waals surface area contributed by atoms with Crippen LogP contribution in [0.2, 0.25) is 0 Å². The Hall–Kier alpha value is -0.870. The highest BCUT2D eigenvalue weighted by molar-refractivity contribution is 5.74. The molecule has 0 fully saturated rings. The van der Waals surface area contributed by atoms with E-state index in [0.717, 1.165) is 6.08 Å². The Morgan fingerprint density at radius 3 is 2.33 bits per heavy atom. The van der Waals surface area contributed by atoms with E-state index in [1.54, 1.807) is 20.8 Å². The maximum absolute atomic E-state index is 10.4. The van der Waals surface area contributed by atoms with Crippen LogP contribution in [0.25, 0.3) is 0 Å². The first-order valence-corrected chi connectivity index (χ1v) is 3.56. The van der Waals surface area contributed by atoms with Crippen LogP contribution in [-0.2, 0) is 14.6 Å². The molecule has 0 heterocycles. The van der Waals surface area contributed by atoms with Crippen molar-refractivity contribution in [2.75, 3.05) is 0 Å². The molecule has 0 aliphatic heterocycles. The molecule has 0 amide bonds. The smallest absolute Gasteiger partial charge is 0.340 e. The summed E-state index contributed by atoms with van der Waals surface area (Å²) < 4.78 is 0. The topological polar surface area (TPSA) is 55.8 Å². The van der Waals surface area contributed by atoms with Gasteiger partial charge in [-0.25, -0.2) is 14.6 Å². The predicted octanol–water partition coefficient (Wildman–Crippen LogP) is 1.37. The molecule has 0 aromatic rings. The first-order chi connectivity index (χ1) is 5.37.